The molecule has 0 fully saturated rings. The highest BCUT2D eigenvalue weighted by atomic mass is 19.4. The van der Waals surface area contributed by atoms with Gasteiger partial charge < -0.3 is 15.4 Å². The summed E-state index contributed by atoms with van der Waals surface area (Å²) in [4.78, 5) is 24.4. The van der Waals surface area contributed by atoms with Gasteiger partial charge in [0.15, 0.2) is 6.61 Å². The molecule has 0 bridgehead atoms. The first-order valence-corrected chi connectivity index (χ1v) is 10.1. The monoisotopic (exact) mass is 483 g/mol. The third kappa shape index (κ3) is 5.69. The number of nitrogens with zero attached hydrogens (tertiary/aromatic N) is 3. The normalized spacial score (nSPS) is 11.2. The van der Waals surface area contributed by atoms with Gasteiger partial charge in [-0.25, -0.2) is 14.4 Å². The molecular weight excluding hydrogens is 466 g/mol. The molecular formula is C24H17F4N5O2. The average Bonchev–Trinajstić information content (AvgIpc) is 2.83. The summed E-state index contributed by atoms with van der Waals surface area (Å²) >= 11 is 0. The lowest BCUT2D eigenvalue weighted by atomic mass is 10.1. The van der Waals surface area contributed by atoms with Crippen LogP contribution in [0.15, 0.2) is 73.7 Å². The zero-order valence-electron chi connectivity index (χ0n) is 17.9. The third-order valence-electron chi connectivity index (χ3n) is 4.74. The predicted molar refractivity (Wildman–Crippen MR) is 123 cm³/mol. The van der Waals surface area contributed by atoms with Crippen molar-refractivity contribution in [1.29, 1.82) is 0 Å². The van der Waals surface area contributed by atoms with Crippen molar-refractivity contribution in [3.8, 4) is 17.0 Å². The average molecular weight is 483 g/mol. The molecule has 2 N–H and O–H groups in total. The summed E-state index contributed by atoms with van der Waals surface area (Å²) in [7, 11) is 0. The zero-order valence-corrected chi connectivity index (χ0v) is 17.9. The number of amides is 1. The molecule has 0 aliphatic heterocycles. The summed E-state index contributed by atoms with van der Waals surface area (Å²) in [6.07, 6.45) is -0.893. The highest BCUT2D eigenvalue weighted by molar-refractivity contribution is 6.03. The minimum atomic E-state index is -4.58. The second-order valence-electron chi connectivity index (χ2n) is 7.22. The van der Waals surface area contributed by atoms with Crippen LogP contribution in [0.3, 0.4) is 0 Å². The number of aromatic nitrogens is 3. The molecule has 4 rings (SSSR count). The van der Waals surface area contributed by atoms with Crippen LogP contribution >= 0.6 is 0 Å². The van der Waals surface area contributed by atoms with Gasteiger partial charge in [0.25, 0.3) is 0 Å². The van der Waals surface area contributed by atoms with Crippen molar-refractivity contribution in [1.82, 2.24) is 15.0 Å². The zero-order chi connectivity index (χ0) is 25.0. The molecule has 0 unspecified atom stereocenters. The number of carbonyl (C=O) groups is 1. The molecule has 35 heavy (non-hydrogen) atoms. The van der Waals surface area contributed by atoms with Gasteiger partial charge in [-0.15, -0.1) is 0 Å². The number of ether oxygens (including phenoxy) is 1. The highest BCUT2D eigenvalue weighted by Gasteiger charge is 2.29. The fourth-order valence-electron chi connectivity index (χ4n) is 3.21. The second kappa shape index (κ2) is 9.75. The largest absolute Gasteiger partial charge is 0.482 e. The van der Waals surface area contributed by atoms with Crippen molar-refractivity contribution in [3.63, 3.8) is 0 Å². The van der Waals surface area contributed by atoms with Crippen LogP contribution in [0.2, 0.25) is 0 Å². The summed E-state index contributed by atoms with van der Waals surface area (Å²) in [5, 5.41) is 5.90. The second-order valence-corrected chi connectivity index (χ2v) is 7.22. The number of halogens is 4. The SMILES string of the molecule is C=CC(=O)Nc1cc2c(Nc3ccnc(-c4ccccc4F)c3)ncnc2cc1OCC(F)(F)F. The lowest BCUT2D eigenvalue weighted by molar-refractivity contribution is -0.153. The van der Waals surface area contributed by atoms with Crippen molar-refractivity contribution in [2.75, 3.05) is 17.2 Å². The molecule has 1 amide bonds. The quantitative estimate of drug-likeness (QED) is 0.261. The number of pyridine rings is 1. The predicted octanol–water partition coefficient (Wildman–Crippen LogP) is 5.64. The van der Waals surface area contributed by atoms with Gasteiger partial charge in [0.1, 0.15) is 23.7 Å². The maximum absolute atomic E-state index is 14.2. The van der Waals surface area contributed by atoms with Crippen LogP contribution in [0.5, 0.6) is 5.75 Å². The third-order valence-corrected chi connectivity index (χ3v) is 4.74. The van der Waals surface area contributed by atoms with Crippen LogP contribution in [0.25, 0.3) is 22.2 Å². The fraction of sp³-hybridized carbons (Fsp3) is 0.0833. The minimum absolute atomic E-state index is 0.0220. The van der Waals surface area contributed by atoms with E-state index in [0.29, 0.717) is 22.3 Å². The van der Waals surface area contributed by atoms with Crippen molar-refractivity contribution in [2.24, 2.45) is 0 Å². The molecule has 178 valence electrons. The molecule has 0 saturated carbocycles. The first kappa shape index (κ1) is 23.6. The number of anilines is 3. The molecule has 4 aromatic rings. The Hall–Kier alpha value is -4.54. The van der Waals surface area contributed by atoms with E-state index in [1.807, 2.05) is 0 Å². The Morgan fingerprint density at radius 3 is 2.63 bits per heavy atom. The van der Waals surface area contributed by atoms with E-state index in [1.165, 1.54) is 30.7 Å². The number of fused-ring (bicyclic) bond motifs is 1. The maximum Gasteiger partial charge on any atom is 0.422 e. The van der Waals surface area contributed by atoms with Crippen molar-refractivity contribution < 1.29 is 27.1 Å². The van der Waals surface area contributed by atoms with Gasteiger partial charge in [-0.05, 0) is 36.4 Å². The fourth-order valence-corrected chi connectivity index (χ4v) is 3.21. The molecule has 7 nitrogen and oxygen atoms in total. The van der Waals surface area contributed by atoms with E-state index in [0.717, 1.165) is 6.08 Å². The van der Waals surface area contributed by atoms with Gasteiger partial charge in [-0.2, -0.15) is 13.2 Å². The Morgan fingerprint density at radius 1 is 1.09 bits per heavy atom. The Balaban J connectivity index is 1.73. The van der Waals surface area contributed by atoms with E-state index < -0.39 is 24.5 Å². The van der Waals surface area contributed by atoms with E-state index >= 15 is 0 Å². The Kier molecular flexibility index (Phi) is 6.58. The molecule has 2 aromatic carbocycles. The van der Waals surface area contributed by atoms with Gasteiger partial charge >= 0.3 is 6.18 Å². The van der Waals surface area contributed by atoms with E-state index in [2.05, 4.69) is 32.2 Å². The summed E-state index contributed by atoms with van der Waals surface area (Å²) in [5.74, 6) is -1.01. The number of rotatable bonds is 7. The van der Waals surface area contributed by atoms with Crippen LogP contribution in [0, 0.1) is 5.82 Å². The Morgan fingerprint density at radius 2 is 1.89 bits per heavy atom. The lowest BCUT2D eigenvalue weighted by Crippen LogP contribution is -2.20. The Labute approximate surface area is 196 Å². The summed E-state index contributed by atoms with van der Waals surface area (Å²) < 4.78 is 57.2. The molecule has 0 radical (unpaired) electrons. The van der Waals surface area contributed by atoms with E-state index in [1.54, 1.807) is 30.3 Å². The molecule has 11 heteroatoms. The number of hydrogen-bond donors (Lipinski definition) is 2. The number of alkyl halides is 3. The molecule has 0 aliphatic rings. The van der Waals surface area contributed by atoms with Gasteiger partial charge in [0.2, 0.25) is 5.91 Å². The molecule has 0 aliphatic carbocycles. The van der Waals surface area contributed by atoms with Gasteiger partial charge in [-0.3, -0.25) is 9.78 Å². The molecule has 0 atom stereocenters. The van der Waals surface area contributed by atoms with E-state index in [4.69, 9.17) is 4.74 Å². The van der Waals surface area contributed by atoms with Gasteiger partial charge in [0, 0.05) is 28.9 Å². The van der Waals surface area contributed by atoms with Crippen molar-refractivity contribution in [3.05, 3.63) is 79.5 Å². The first-order chi connectivity index (χ1) is 16.7. The van der Waals surface area contributed by atoms with Crippen molar-refractivity contribution in [2.45, 2.75) is 6.18 Å². The van der Waals surface area contributed by atoms with Crippen LogP contribution in [-0.4, -0.2) is 33.6 Å². The molecule has 0 spiro atoms. The molecule has 2 aromatic heterocycles. The number of nitrogens with one attached hydrogen (secondary N) is 2. The van der Waals surface area contributed by atoms with Crippen LogP contribution in [-0.2, 0) is 4.79 Å². The van der Waals surface area contributed by atoms with Crippen LogP contribution < -0.4 is 15.4 Å². The topological polar surface area (TPSA) is 89.0 Å². The standard InChI is InChI=1S/C24H17F4N5O2/c1-2-22(34)33-20-10-16-19(11-21(20)35-12-24(26,27)28)30-13-31-23(16)32-14-7-8-29-18(9-14)15-5-3-4-6-17(15)25/h2-11,13H,1,12H2,(H,33,34)(H,29,30,31,32). The van der Waals surface area contributed by atoms with Crippen molar-refractivity contribution >= 4 is 34.0 Å². The smallest absolute Gasteiger partial charge is 0.422 e. The number of hydrogen-bond acceptors (Lipinski definition) is 6. The van der Waals surface area contributed by atoms with Crippen LogP contribution in [0.1, 0.15) is 0 Å². The lowest BCUT2D eigenvalue weighted by Gasteiger charge is -2.16. The summed E-state index contributed by atoms with van der Waals surface area (Å²) in [6, 6.07) is 12.1. The van der Waals surface area contributed by atoms with Crippen LogP contribution in [0.4, 0.5) is 34.8 Å². The molecule has 2 heterocycles. The van der Waals surface area contributed by atoms with E-state index in [9.17, 15) is 22.4 Å². The summed E-state index contributed by atoms with van der Waals surface area (Å²) in [5.41, 5.74) is 1.45. The first-order valence-electron chi connectivity index (χ1n) is 10.1. The maximum atomic E-state index is 14.2. The van der Waals surface area contributed by atoms with Gasteiger partial charge in [0.05, 0.1) is 16.9 Å². The molecule has 0 saturated heterocycles. The number of carbonyl (C=O) groups excluding carboxylic acids is 1. The highest BCUT2D eigenvalue weighted by Crippen LogP contribution is 2.34. The minimum Gasteiger partial charge on any atom is -0.482 e. The summed E-state index contributed by atoms with van der Waals surface area (Å²) in [6.45, 7) is 1.79. The number of benzene rings is 2. The van der Waals surface area contributed by atoms with E-state index in [-0.39, 0.29) is 22.8 Å². The van der Waals surface area contributed by atoms with Gasteiger partial charge in [-0.1, -0.05) is 18.7 Å². The Bertz CT molecular complexity index is 1410.